The molecule has 0 unspecified atom stereocenters. The van der Waals surface area contributed by atoms with Gasteiger partial charge in [-0.1, -0.05) is 53.0 Å². The van der Waals surface area contributed by atoms with Crippen molar-refractivity contribution in [1.29, 1.82) is 5.26 Å². The third-order valence-electron chi connectivity index (χ3n) is 4.46. The third kappa shape index (κ3) is 6.39. The van der Waals surface area contributed by atoms with Crippen molar-refractivity contribution < 1.29 is 9.53 Å². The monoisotopic (exact) mass is 596 g/mol. The highest BCUT2D eigenvalue weighted by Gasteiger charge is 2.12. The van der Waals surface area contributed by atoms with Crippen molar-refractivity contribution in [2.75, 3.05) is 5.32 Å². The van der Waals surface area contributed by atoms with Gasteiger partial charge in [-0.05, 0) is 83.1 Å². The molecule has 0 aliphatic heterocycles. The van der Waals surface area contributed by atoms with E-state index in [1.165, 1.54) is 6.08 Å². The number of nitriles is 1. The molecule has 0 atom stereocenters. The van der Waals surface area contributed by atoms with Crippen LogP contribution in [0.3, 0.4) is 0 Å². The second-order valence-electron chi connectivity index (χ2n) is 6.80. The summed E-state index contributed by atoms with van der Waals surface area (Å²) >= 11 is 20.3. The molecule has 162 valence electrons. The van der Waals surface area contributed by atoms with E-state index in [2.05, 4.69) is 27.9 Å². The molecule has 0 radical (unpaired) electrons. The Morgan fingerprint density at radius 1 is 1.09 bits per heavy atom. The SMILES string of the molecule is Cc1ccc(NC(=O)/C(C#N)=C\c2ccc(OCc3ccc(Cl)cc3Cl)c(I)c2)cc1Cl. The Labute approximate surface area is 214 Å². The second kappa shape index (κ2) is 11.1. The predicted octanol–water partition coefficient (Wildman–Crippen LogP) is 7.68. The van der Waals surface area contributed by atoms with Gasteiger partial charge in [0, 0.05) is 26.3 Å². The largest absolute Gasteiger partial charge is 0.488 e. The van der Waals surface area contributed by atoms with E-state index in [4.69, 9.17) is 39.5 Å². The second-order valence-corrected chi connectivity index (χ2v) is 9.22. The predicted molar refractivity (Wildman–Crippen MR) is 138 cm³/mol. The summed E-state index contributed by atoms with van der Waals surface area (Å²) in [5, 5.41) is 13.8. The van der Waals surface area contributed by atoms with Gasteiger partial charge in [0.15, 0.2) is 0 Å². The summed E-state index contributed by atoms with van der Waals surface area (Å²) in [6.07, 6.45) is 1.52. The van der Waals surface area contributed by atoms with Crippen LogP contribution in [0.4, 0.5) is 5.69 Å². The van der Waals surface area contributed by atoms with Gasteiger partial charge in [0.25, 0.3) is 5.91 Å². The molecule has 0 saturated heterocycles. The van der Waals surface area contributed by atoms with E-state index in [1.807, 2.05) is 25.1 Å². The lowest BCUT2D eigenvalue weighted by Gasteiger charge is -2.10. The molecule has 3 rings (SSSR count). The Bertz CT molecular complexity index is 1250. The van der Waals surface area contributed by atoms with Crippen LogP contribution in [0, 0.1) is 21.8 Å². The first-order chi connectivity index (χ1) is 15.3. The van der Waals surface area contributed by atoms with Crippen LogP contribution in [-0.4, -0.2) is 5.91 Å². The van der Waals surface area contributed by atoms with Gasteiger partial charge < -0.3 is 10.1 Å². The number of ether oxygens (including phenoxy) is 1. The number of nitrogens with zero attached hydrogens (tertiary/aromatic N) is 1. The number of rotatable bonds is 6. The van der Waals surface area contributed by atoms with Gasteiger partial charge in [0.05, 0.1) is 3.57 Å². The molecule has 4 nitrogen and oxygen atoms in total. The highest BCUT2D eigenvalue weighted by molar-refractivity contribution is 14.1. The summed E-state index contributed by atoms with van der Waals surface area (Å²) in [6, 6.07) is 17.7. The van der Waals surface area contributed by atoms with Gasteiger partial charge in [-0.25, -0.2) is 0 Å². The van der Waals surface area contributed by atoms with Crippen LogP contribution in [-0.2, 0) is 11.4 Å². The van der Waals surface area contributed by atoms with Crippen molar-refractivity contribution >= 4 is 75.1 Å². The number of hydrogen-bond acceptors (Lipinski definition) is 3. The van der Waals surface area contributed by atoms with Gasteiger partial charge in [-0.3, -0.25) is 4.79 Å². The van der Waals surface area contributed by atoms with Crippen molar-refractivity contribution in [1.82, 2.24) is 0 Å². The fourth-order valence-corrected chi connectivity index (χ4v) is 4.04. The summed E-state index contributed by atoms with van der Waals surface area (Å²) in [5.74, 6) is 0.145. The number of amides is 1. The van der Waals surface area contributed by atoms with E-state index in [1.54, 1.807) is 42.5 Å². The number of nitrogens with one attached hydrogen (secondary N) is 1. The average molecular weight is 598 g/mol. The molecular formula is C24H16Cl3IN2O2. The first-order valence-corrected chi connectivity index (χ1v) is 11.5. The zero-order valence-corrected chi connectivity index (χ0v) is 21.2. The van der Waals surface area contributed by atoms with E-state index in [0.29, 0.717) is 32.1 Å². The summed E-state index contributed by atoms with van der Waals surface area (Å²) in [7, 11) is 0. The van der Waals surface area contributed by atoms with E-state index in [0.717, 1.165) is 14.7 Å². The zero-order valence-electron chi connectivity index (χ0n) is 16.8. The number of hydrogen-bond donors (Lipinski definition) is 1. The normalized spacial score (nSPS) is 11.1. The summed E-state index contributed by atoms with van der Waals surface area (Å²) in [6.45, 7) is 2.15. The fourth-order valence-electron chi connectivity index (χ4n) is 2.70. The maximum absolute atomic E-state index is 12.5. The minimum Gasteiger partial charge on any atom is -0.488 e. The van der Waals surface area contributed by atoms with Crippen LogP contribution in [0.2, 0.25) is 15.1 Å². The minimum atomic E-state index is -0.514. The number of carbonyl (C=O) groups excluding carboxylic acids is 1. The van der Waals surface area contributed by atoms with Gasteiger partial charge in [-0.15, -0.1) is 0 Å². The van der Waals surface area contributed by atoms with Crippen LogP contribution < -0.4 is 10.1 Å². The Morgan fingerprint density at radius 2 is 1.88 bits per heavy atom. The highest BCUT2D eigenvalue weighted by Crippen LogP contribution is 2.27. The molecule has 0 spiro atoms. The molecule has 8 heteroatoms. The molecule has 3 aromatic rings. The molecule has 1 N–H and O–H groups in total. The van der Waals surface area contributed by atoms with Crippen LogP contribution in [0.5, 0.6) is 5.75 Å². The first-order valence-electron chi connectivity index (χ1n) is 9.32. The standard InChI is InChI=1S/C24H16Cl3IN2O2/c1-14-2-6-19(11-20(14)26)30-24(31)17(12-29)8-15-3-7-23(22(28)9-15)32-13-16-4-5-18(25)10-21(16)27/h2-11H,13H2,1H3,(H,30,31)/b17-8-. The van der Waals surface area contributed by atoms with Crippen molar-refractivity contribution in [3.63, 3.8) is 0 Å². The summed E-state index contributed by atoms with van der Waals surface area (Å²) in [5.41, 5.74) is 2.90. The molecule has 32 heavy (non-hydrogen) atoms. The quantitative estimate of drug-likeness (QED) is 0.180. The lowest BCUT2D eigenvalue weighted by molar-refractivity contribution is -0.112. The number of halogens is 4. The van der Waals surface area contributed by atoms with Crippen LogP contribution in [0.25, 0.3) is 6.08 Å². The van der Waals surface area contributed by atoms with Crippen molar-refractivity contribution in [3.8, 4) is 11.8 Å². The fraction of sp³-hybridized carbons (Fsp3) is 0.0833. The van der Waals surface area contributed by atoms with E-state index < -0.39 is 5.91 Å². The molecule has 0 aliphatic rings. The van der Waals surface area contributed by atoms with Crippen molar-refractivity contribution in [2.24, 2.45) is 0 Å². The minimum absolute atomic E-state index is 0.0286. The zero-order chi connectivity index (χ0) is 23.3. The molecule has 0 bridgehead atoms. The topological polar surface area (TPSA) is 62.1 Å². The molecule has 0 heterocycles. The molecule has 0 saturated carbocycles. The number of carbonyl (C=O) groups is 1. The first kappa shape index (κ1) is 24.4. The Hall–Kier alpha value is -2.24. The van der Waals surface area contributed by atoms with E-state index >= 15 is 0 Å². The van der Waals surface area contributed by atoms with Crippen molar-refractivity contribution in [2.45, 2.75) is 13.5 Å². The molecule has 0 aromatic heterocycles. The smallest absolute Gasteiger partial charge is 0.266 e. The number of benzene rings is 3. The van der Waals surface area contributed by atoms with E-state index in [-0.39, 0.29) is 12.2 Å². The maximum Gasteiger partial charge on any atom is 0.266 e. The van der Waals surface area contributed by atoms with Crippen LogP contribution >= 0.6 is 57.4 Å². The lowest BCUT2D eigenvalue weighted by atomic mass is 10.1. The highest BCUT2D eigenvalue weighted by atomic mass is 127. The summed E-state index contributed by atoms with van der Waals surface area (Å²) < 4.78 is 6.69. The molecule has 3 aromatic carbocycles. The maximum atomic E-state index is 12.5. The number of anilines is 1. The average Bonchev–Trinajstić information content (AvgIpc) is 2.75. The van der Waals surface area contributed by atoms with Crippen molar-refractivity contribution in [3.05, 3.63) is 95.5 Å². The molecule has 0 aliphatic carbocycles. The van der Waals surface area contributed by atoms with Crippen LogP contribution in [0.15, 0.2) is 60.2 Å². The lowest BCUT2D eigenvalue weighted by Crippen LogP contribution is -2.13. The Morgan fingerprint density at radius 3 is 2.53 bits per heavy atom. The van der Waals surface area contributed by atoms with Gasteiger partial charge in [-0.2, -0.15) is 5.26 Å². The third-order valence-corrected chi connectivity index (χ3v) is 6.30. The van der Waals surface area contributed by atoms with Gasteiger partial charge >= 0.3 is 0 Å². The Kier molecular flexibility index (Phi) is 8.44. The van der Waals surface area contributed by atoms with Crippen LogP contribution in [0.1, 0.15) is 16.7 Å². The Balaban J connectivity index is 1.72. The number of aryl methyl sites for hydroxylation is 1. The van der Waals surface area contributed by atoms with Gasteiger partial charge in [0.1, 0.15) is 24.0 Å². The molecule has 1 amide bonds. The summed E-state index contributed by atoms with van der Waals surface area (Å²) in [4.78, 5) is 12.5. The van der Waals surface area contributed by atoms with E-state index in [9.17, 15) is 10.1 Å². The van der Waals surface area contributed by atoms with Gasteiger partial charge in [0.2, 0.25) is 0 Å². The molecular weight excluding hydrogens is 582 g/mol. The molecule has 0 fully saturated rings.